The van der Waals surface area contributed by atoms with Crippen LogP contribution in [0.2, 0.25) is 0 Å². The molecule has 0 saturated carbocycles. The van der Waals surface area contributed by atoms with Gasteiger partial charge >= 0.3 is 35.5 Å². The molecule has 0 heterocycles. The molecule has 0 fully saturated rings. The van der Waals surface area contributed by atoms with Crippen molar-refractivity contribution in [2.75, 3.05) is 13.2 Å². The van der Waals surface area contributed by atoms with Crippen molar-refractivity contribution < 1.29 is 45.6 Å². The first-order chi connectivity index (χ1) is 4.18. The summed E-state index contributed by atoms with van der Waals surface area (Å²) in [5.41, 5.74) is 5.12. The van der Waals surface area contributed by atoms with Gasteiger partial charge in [0, 0.05) is 0 Å². The van der Waals surface area contributed by atoms with Crippen LogP contribution in [0.25, 0.3) is 0 Å². The minimum absolute atomic E-state index is 0. The molecule has 0 spiro atoms. The summed E-state index contributed by atoms with van der Waals surface area (Å²) in [5.74, 6) is -0.482. The first-order valence-electron chi connectivity index (χ1n) is 2.71. The fourth-order valence-electron chi connectivity index (χ4n) is 0.278. The molecule has 0 saturated heterocycles. The van der Waals surface area contributed by atoms with Crippen LogP contribution in [-0.2, 0) is 9.53 Å². The zero-order valence-corrected chi connectivity index (χ0v) is 8.33. The van der Waals surface area contributed by atoms with Crippen molar-refractivity contribution in [3.8, 4) is 0 Å². The number of aliphatic hydroxyl groups excluding tert-OH is 1. The third-order valence-electron chi connectivity index (χ3n) is 0.707. The van der Waals surface area contributed by atoms with Crippen LogP contribution in [-0.4, -0.2) is 30.3 Å². The van der Waals surface area contributed by atoms with Crippen LogP contribution in [0.5, 0.6) is 0 Å². The number of rotatable bonds is 3. The molecule has 3 N–H and O–H groups in total. The molecule has 0 bridgehead atoms. The molecular weight excluding hydrogens is 145 g/mol. The Morgan fingerprint density at radius 3 is 2.70 bits per heavy atom. The van der Waals surface area contributed by atoms with E-state index in [1.54, 1.807) is 0 Å². The van der Waals surface area contributed by atoms with Crippen LogP contribution in [0.1, 0.15) is 8.35 Å². The molecule has 0 aromatic rings. The number of hydrogen-bond acceptors (Lipinski definition) is 4. The molecule has 0 radical (unpaired) electrons. The zero-order valence-electron chi connectivity index (χ0n) is 7.33. The van der Waals surface area contributed by atoms with E-state index in [0.717, 1.165) is 0 Å². The number of hydrogen-bond donors (Lipinski definition) is 2. The molecule has 1 atom stereocenters. The fourth-order valence-corrected chi connectivity index (χ4v) is 0.278. The Kier molecular flexibility index (Phi) is 9.76. The number of esters is 1. The topological polar surface area (TPSA) is 72.6 Å². The maximum absolute atomic E-state index is 10.4. The van der Waals surface area contributed by atoms with Gasteiger partial charge in [-0.25, -0.2) is 0 Å². The van der Waals surface area contributed by atoms with E-state index >= 15 is 0 Å². The first kappa shape index (κ1) is 13.0. The Bertz CT molecular complexity index is 102. The van der Waals surface area contributed by atoms with E-state index in [-0.39, 0.29) is 44.2 Å². The molecule has 0 amide bonds. The Hall–Kier alpha value is 0.390. The van der Waals surface area contributed by atoms with Crippen molar-refractivity contribution in [2.45, 2.75) is 13.0 Å². The molecule has 0 rings (SSSR count). The number of carbonyl (C=O) groups excluding carboxylic acids is 1. The maximum Gasteiger partial charge on any atom is 1.00 e. The Labute approximate surface area is 83.5 Å². The Morgan fingerprint density at radius 1 is 1.90 bits per heavy atom. The van der Waals surface area contributed by atoms with Gasteiger partial charge < -0.3 is 17.0 Å². The molecule has 0 aliphatic rings. The molecule has 5 heteroatoms. The van der Waals surface area contributed by atoms with Crippen LogP contribution < -0.4 is 35.3 Å². The molecule has 4 nitrogen and oxygen atoms in total. The number of ether oxygens (including phenoxy) is 1. The maximum atomic E-state index is 10.4. The van der Waals surface area contributed by atoms with E-state index < -0.39 is 12.0 Å². The van der Waals surface area contributed by atoms with Gasteiger partial charge in [-0.05, 0) is 6.92 Å². The summed E-state index contributed by atoms with van der Waals surface area (Å²) in [6, 6.07) is -0.600. The second kappa shape index (κ2) is 7.50. The molecule has 0 aromatic heterocycles. The van der Waals surface area contributed by atoms with Crippen molar-refractivity contribution >= 4 is 5.97 Å². The summed E-state index contributed by atoms with van der Waals surface area (Å²) in [6.45, 7) is 1.40. The third-order valence-corrected chi connectivity index (χ3v) is 0.707. The van der Waals surface area contributed by atoms with Crippen LogP contribution in [0.15, 0.2) is 0 Å². The van der Waals surface area contributed by atoms with Gasteiger partial charge in [0.15, 0.2) is 0 Å². The summed E-state index contributed by atoms with van der Waals surface area (Å²) in [4.78, 5) is 10.4. The van der Waals surface area contributed by atoms with E-state index in [0.29, 0.717) is 0 Å². The largest absolute Gasteiger partial charge is 1.00 e. The Balaban J connectivity index is -0.000000320. The van der Waals surface area contributed by atoms with Gasteiger partial charge in [-0.1, -0.05) is 0 Å². The number of nitrogens with two attached hydrogens (primary N) is 1. The third kappa shape index (κ3) is 6.51. The van der Waals surface area contributed by atoms with E-state index in [9.17, 15) is 4.79 Å². The van der Waals surface area contributed by atoms with E-state index in [1.807, 2.05) is 0 Å². The van der Waals surface area contributed by atoms with E-state index in [4.69, 9.17) is 10.8 Å². The quantitative estimate of drug-likeness (QED) is 0.323. The molecule has 0 aliphatic heterocycles. The van der Waals surface area contributed by atoms with Crippen molar-refractivity contribution in [1.82, 2.24) is 0 Å². The molecule has 0 aliphatic carbocycles. The summed E-state index contributed by atoms with van der Waals surface area (Å²) in [5, 5.41) is 8.18. The van der Waals surface area contributed by atoms with Crippen LogP contribution in [0.4, 0.5) is 0 Å². The summed E-state index contributed by atoms with van der Waals surface area (Å²) in [6.07, 6.45) is 0. The van der Waals surface area contributed by atoms with Gasteiger partial charge in [0.2, 0.25) is 0 Å². The Morgan fingerprint density at radius 2 is 2.40 bits per heavy atom. The molecule has 0 unspecified atom stereocenters. The first-order valence-corrected chi connectivity index (χ1v) is 2.71. The molecule has 0 aromatic carbocycles. The van der Waals surface area contributed by atoms with Crippen LogP contribution in [0.3, 0.4) is 0 Å². The second-order valence-electron chi connectivity index (χ2n) is 1.68. The minimum Gasteiger partial charge on any atom is -1.00 e. The van der Waals surface area contributed by atoms with Gasteiger partial charge in [-0.3, -0.25) is 4.79 Å². The van der Waals surface area contributed by atoms with Crippen LogP contribution >= 0.6 is 0 Å². The van der Waals surface area contributed by atoms with Crippen molar-refractivity contribution in [3.63, 3.8) is 0 Å². The molecule has 56 valence electrons. The molecule has 10 heavy (non-hydrogen) atoms. The van der Waals surface area contributed by atoms with Gasteiger partial charge in [0.1, 0.15) is 12.6 Å². The number of carbonyl (C=O) groups is 1. The van der Waals surface area contributed by atoms with Gasteiger partial charge in [-0.2, -0.15) is 0 Å². The van der Waals surface area contributed by atoms with Crippen molar-refractivity contribution in [2.24, 2.45) is 5.73 Å². The summed E-state index contributed by atoms with van der Waals surface area (Å²) >= 11 is 0. The smallest absolute Gasteiger partial charge is 1.00 e. The van der Waals surface area contributed by atoms with Crippen LogP contribution in [0, 0.1) is 0 Å². The molecular formula is C5H12NNaO3. The fraction of sp³-hybridized carbons (Fsp3) is 0.800. The van der Waals surface area contributed by atoms with Gasteiger partial charge in [-0.15, -0.1) is 0 Å². The average molecular weight is 157 g/mol. The average Bonchev–Trinajstić information content (AvgIpc) is 1.82. The van der Waals surface area contributed by atoms with Crippen molar-refractivity contribution in [3.05, 3.63) is 0 Å². The summed E-state index contributed by atoms with van der Waals surface area (Å²) < 4.78 is 4.44. The summed E-state index contributed by atoms with van der Waals surface area (Å²) in [7, 11) is 0. The minimum atomic E-state index is -0.600. The number of aliphatic hydroxyl groups is 1. The van der Waals surface area contributed by atoms with Gasteiger partial charge in [0.05, 0.1) is 6.61 Å². The second-order valence-corrected chi connectivity index (χ2v) is 1.68. The predicted molar refractivity (Wildman–Crippen MR) is 32.8 cm³/mol. The van der Waals surface area contributed by atoms with Gasteiger partial charge in [0.25, 0.3) is 0 Å². The van der Waals surface area contributed by atoms with E-state index in [2.05, 4.69) is 4.74 Å². The van der Waals surface area contributed by atoms with E-state index in [1.165, 1.54) is 6.92 Å². The monoisotopic (exact) mass is 157 g/mol. The predicted octanol–water partition coefficient (Wildman–Crippen LogP) is -4.01. The SMILES string of the molecule is C[C@H](N)C(=O)OCCO.[H-].[Na+]. The van der Waals surface area contributed by atoms with Crippen molar-refractivity contribution in [1.29, 1.82) is 0 Å². The standard InChI is InChI=1S/C5H11NO3.Na.H/c1-4(6)5(8)9-3-2-7;;/h4,7H,2-3,6H2,1H3;;/q;+1;-1/t4-;;/m0../s1. The normalized spacial score (nSPS) is 11.5. The zero-order chi connectivity index (χ0) is 7.28.